The number of aliphatic hydroxyl groups excluding tert-OH is 2. The first kappa shape index (κ1) is 17.6. The SMILES string of the molecule is CCC(CO)(CO)NC(=O)c1sc(NCCOC)nc1N. The van der Waals surface area contributed by atoms with Gasteiger partial charge in [0.25, 0.3) is 5.91 Å². The molecule has 0 fully saturated rings. The Kier molecular flexibility index (Phi) is 6.82. The van der Waals surface area contributed by atoms with Crippen molar-refractivity contribution in [2.45, 2.75) is 18.9 Å². The number of hydrogen-bond acceptors (Lipinski definition) is 8. The van der Waals surface area contributed by atoms with Crippen molar-refractivity contribution in [2.24, 2.45) is 0 Å². The minimum atomic E-state index is -1.06. The lowest BCUT2D eigenvalue weighted by Crippen LogP contribution is -2.53. The maximum atomic E-state index is 12.2. The van der Waals surface area contributed by atoms with Gasteiger partial charge >= 0.3 is 0 Å². The lowest BCUT2D eigenvalue weighted by atomic mass is 9.98. The molecular weight excluding hydrogens is 296 g/mol. The predicted octanol–water partition coefficient (Wildman–Crippen LogP) is -0.353. The normalized spacial score (nSPS) is 11.4. The highest BCUT2D eigenvalue weighted by molar-refractivity contribution is 7.18. The zero-order chi connectivity index (χ0) is 15.9. The Labute approximate surface area is 127 Å². The fourth-order valence-corrected chi connectivity index (χ4v) is 2.37. The van der Waals surface area contributed by atoms with Crippen LogP contribution in [-0.4, -0.2) is 60.1 Å². The molecule has 9 heteroatoms. The number of amides is 1. The predicted molar refractivity (Wildman–Crippen MR) is 81.6 cm³/mol. The lowest BCUT2D eigenvalue weighted by Gasteiger charge is -2.29. The van der Waals surface area contributed by atoms with Gasteiger partial charge in [-0.2, -0.15) is 0 Å². The Morgan fingerprint density at radius 1 is 1.48 bits per heavy atom. The molecule has 8 nitrogen and oxygen atoms in total. The molecule has 6 N–H and O–H groups in total. The second-order valence-corrected chi connectivity index (χ2v) is 5.56. The van der Waals surface area contributed by atoms with E-state index in [-0.39, 0.29) is 23.9 Å². The molecular formula is C12H22N4O4S. The number of carbonyl (C=O) groups is 1. The molecule has 0 bridgehead atoms. The number of thiazole rings is 1. The van der Waals surface area contributed by atoms with E-state index in [4.69, 9.17) is 10.5 Å². The number of hydrogen-bond donors (Lipinski definition) is 5. The molecule has 0 atom stereocenters. The van der Waals surface area contributed by atoms with Crippen LogP contribution in [0.5, 0.6) is 0 Å². The maximum Gasteiger partial charge on any atom is 0.265 e. The highest BCUT2D eigenvalue weighted by Gasteiger charge is 2.30. The van der Waals surface area contributed by atoms with Gasteiger partial charge in [-0.15, -0.1) is 0 Å². The Morgan fingerprint density at radius 2 is 2.14 bits per heavy atom. The summed E-state index contributed by atoms with van der Waals surface area (Å²) >= 11 is 1.11. The molecule has 0 radical (unpaired) electrons. The molecule has 0 aromatic carbocycles. The number of aromatic nitrogens is 1. The third-order valence-corrected chi connectivity index (χ3v) is 4.13. The summed E-state index contributed by atoms with van der Waals surface area (Å²) in [5, 5.41) is 24.8. The number of nitrogens with one attached hydrogen (secondary N) is 2. The number of nitrogens with zero attached hydrogens (tertiary/aromatic N) is 1. The molecule has 0 saturated carbocycles. The molecule has 1 amide bonds. The number of anilines is 2. The Morgan fingerprint density at radius 3 is 2.67 bits per heavy atom. The fourth-order valence-electron chi connectivity index (χ4n) is 1.57. The lowest BCUT2D eigenvalue weighted by molar-refractivity contribution is 0.0656. The minimum absolute atomic E-state index is 0.110. The second kappa shape index (κ2) is 8.13. The van der Waals surface area contributed by atoms with Gasteiger partial charge in [-0.25, -0.2) is 4.98 Å². The van der Waals surface area contributed by atoms with E-state index in [2.05, 4.69) is 15.6 Å². The van der Waals surface area contributed by atoms with Gasteiger partial charge in [0.2, 0.25) is 0 Å². The third kappa shape index (κ3) is 4.53. The molecule has 1 heterocycles. The molecule has 1 rings (SSSR count). The van der Waals surface area contributed by atoms with E-state index in [1.165, 1.54) is 0 Å². The smallest absolute Gasteiger partial charge is 0.265 e. The van der Waals surface area contributed by atoms with Crippen LogP contribution in [0.15, 0.2) is 0 Å². The average molecular weight is 318 g/mol. The maximum absolute atomic E-state index is 12.2. The monoisotopic (exact) mass is 318 g/mol. The van der Waals surface area contributed by atoms with E-state index < -0.39 is 11.4 Å². The van der Waals surface area contributed by atoms with Crippen molar-refractivity contribution >= 4 is 28.2 Å². The van der Waals surface area contributed by atoms with E-state index in [1.807, 2.05) is 0 Å². The summed E-state index contributed by atoms with van der Waals surface area (Å²) in [6.07, 6.45) is 0.392. The number of nitrogen functional groups attached to an aromatic ring is 1. The first-order valence-electron chi connectivity index (χ1n) is 6.55. The number of rotatable bonds is 9. The summed E-state index contributed by atoms with van der Waals surface area (Å²) in [4.78, 5) is 16.5. The summed E-state index contributed by atoms with van der Waals surface area (Å²) in [7, 11) is 1.59. The first-order valence-corrected chi connectivity index (χ1v) is 7.37. The van der Waals surface area contributed by atoms with Crippen molar-refractivity contribution in [3.63, 3.8) is 0 Å². The van der Waals surface area contributed by atoms with E-state index in [9.17, 15) is 15.0 Å². The molecule has 21 heavy (non-hydrogen) atoms. The van der Waals surface area contributed by atoms with Crippen LogP contribution in [0.25, 0.3) is 0 Å². The quantitative estimate of drug-likeness (QED) is 0.393. The summed E-state index contributed by atoms with van der Waals surface area (Å²) in [5.74, 6) is -0.354. The Bertz CT molecular complexity index is 454. The van der Waals surface area contributed by atoms with Crippen molar-refractivity contribution in [1.82, 2.24) is 10.3 Å². The van der Waals surface area contributed by atoms with Gasteiger partial charge in [0.1, 0.15) is 10.7 Å². The number of methoxy groups -OCH3 is 1. The summed E-state index contributed by atoms with van der Waals surface area (Å²) in [6.45, 7) is 2.11. The highest BCUT2D eigenvalue weighted by atomic mass is 32.1. The van der Waals surface area contributed by atoms with Crippen LogP contribution in [0.3, 0.4) is 0 Å². The van der Waals surface area contributed by atoms with Gasteiger partial charge in [0.05, 0.1) is 25.4 Å². The summed E-state index contributed by atoms with van der Waals surface area (Å²) in [5.41, 5.74) is 4.67. The topological polar surface area (TPSA) is 130 Å². The van der Waals surface area contributed by atoms with Crippen molar-refractivity contribution in [3.05, 3.63) is 4.88 Å². The molecule has 0 spiro atoms. The molecule has 0 aliphatic carbocycles. The number of nitrogens with two attached hydrogens (primary N) is 1. The average Bonchev–Trinajstić information content (AvgIpc) is 2.86. The summed E-state index contributed by atoms with van der Waals surface area (Å²) in [6, 6.07) is 0. The van der Waals surface area contributed by atoms with Gasteiger partial charge in [-0.3, -0.25) is 4.79 Å². The van der Waals surface area contributed by atoms with Crippen LogP contribution < -0.4 is 16.4 Å². The highest BCUT2D eigenvalue weighted by Crippen LogP contribution is 2.25. The van der Waals surface area contributed by atoms with Gasteiger partial charge < -0.3 is 31.3 Å². The zero-order valence-electron chi connectivity index (χ0n) is 12.2. The molecule has 1 aromatic heterocycles. The van der Waals surface area contributed by atoms with E-state index >= 15 is 0 Å². The molecule has 0 aliphatic rings. The van der Waals surface area contributed by atoms with Crippen LogP contribution in [0.2, 0.25) is 0 Å². The van der Waals surface area contributed by atoms with Crippen LogP contribution in [-0.2, 0) is 4.74 Å². The Hall–Kier alpha value is -1.42. The van der Waals surface area contributed by atoms with Crippen molar-refractivity contribution < 1.29 is 19.7 Å². The Balaban J connectivity index is 2.78. The van der Waals surface area contributed by atoms with Gasteiger partial charge in [-0.1, -0.05) is 18.3 Å². The molecule has 0 saturated heterocycles. The van der Waals surface area contributed by atoms with Gasteiger partial charge in [0.15, 0.2) is 5.13 Å². The minimum Gasteiger partial charge on any atom is -0.394 e. The van der Waals surface area contributed by atoms with E-state index in [1.54, 1.807) is 14.0 Å². The fraction of sp³-hybridized carbons (Fsp3) is 0.667. The number of ether oxygens (including phenoxy) is 1. The van der Waals surface area contributed by atoms with E-state index in [0.29, 0.717) is 24.7 Å². The van der Waals surface area contributed by atoms with Crippen LogP contribution >= 0.6 is 11.3 Å². The van der Waals surface area contributed by atoms with E-state index in [0.717, 1.165) is 11.3 Å². The summed E-state index contributed by atoms with van der Waals surface area (Å²) < 4.78 is 4.91. The van der Waals surface area contributed by atoms with Crippen molar-refractivity contribution in [1.29, 1.82) is 0 Å². The van der Waals surface area contributed by atoms with Crippen molar-refractivity contribution in [3.8, 4) is 0 Å². The third-order valence-electron chi connectivity index (χ3n) is 3.10. The van der Waals surface area contributed by atoms with Crippen LogP contribution in [0.4, 0.5) is 10.9 Å². The number of carbonyl (C=O) groups excluding carboxylic acids is 1. The first-order chi connectivity index (χ1) is 10.0. The van der Waals surface area contributed by atoms with Crippen LogP contribution in [0, 0.1) is 0 Å². The molecule has 0 aliphatic heterocycles. The largest absolute Gasteiger partial charge is 0.394 e. The second-order valence-electron chi connectivity index (χ2n) is 4.56. The van der Waals surface area contributed by atoms with Gasteiger partial charge in [0, 0.05) is 13.7 Å². The zero-order valence-corrected chi connectivity index (χ0v) is 13.0. The van der Waals surface area contributed by atoms with Gasteiger partial charge in [-0.05, 0) is 6.42 Å². The molecule has 1 aromatic rings. The standard InChI is InChI=1S/C12H22N4O4S/c1-3-12(6-17,7-18)16-10(19)8-9(13)15-11(21-8)14-4-5-20-2/h17-18H,3-7,13H2,1-2H3,(H,14,15)(H,16,19). The molecule has 120 valence electrons. The van der Waals surface area contributed by atoms with Crippen molar-refractivity contribution in [2.75, 3.05) is 44.5 Å². The van der Waals surface area contributed by atoms with Crippen LogP contribution in [0.1, 0.15) is 23.0 Å². The molecule has 0 unspecified atom stereocenters. The number of aliphatic hydroxyl groups is 2.